The van der Waals surface area contributed by atoms with Gasteiger partial charge in [-0.3, -0.25) is 4.90 Å². The van der Waals surface area contributed by atoms with Crippen molar-refractivity contribution >= 4 is 5.82 Å². The average Bonchev–Trinajstić information content (AvgIpc) is 2.96. The molecule has 0 unspecified atom stereocenters. The fraction of sp³-hybridized carbons (Fsp3) is 0.571. The fourth-order valence-electron chi connectivity index (χ4n) is 3.62. The molecule has 1 fully saturated rings. The first-order valence-electron chi connectivity index (χ1n) is 9.93. The zero-order valence-corrected chi connectivity index (χ0v) is 17.2. The first-order chi connectivity index (χ1) is 12.9. The van der Waals surface area contributed by atoms with Crippen molar-refractivity contribution in [3.8, 4) is 5.69 Å². The van der Waals surface area contributed by atoms with Gasteiger partial charge in [0.15, 0.2) is 0 Å². The van der Waals surface area contributed by atoms with Gasteiger partial charge in [-0.25, -0.2) is 9.07 Å². The van der Waals surface area contributed by atoms with E-state index < -0.39 is 0 Å². The van der Waals surface area contributed by atoms with Gasteiger partial charge in [-0.05, 0) is 39.0 Å². The fourth-order valence-corrected chi connectivity index (χ4v) is 3.62. The van der Waals surface area contributed by atoms with E-state index in [-0.39, 0.29) is 5.82 Å². The molecule has 2 heterocycles. The molecular formula is C21H32FN5. The van der Waals surface area contributed by atoms with Gasteiger partial charge in [-0.2, -0.15) is 5.10 Å². The lowest BCUT2D eigenvalue weighted by atomic mass is 10.2. The maximum atomic E-state index is 13.9. The van der Waals surface area contributed by atoms with E-state index in [4.69, 9.17) is 5.10 Å². The Bertz CT molecular complexity index is 760. The van der Waals surface area contributed by atoms with E-state index in [0.29, 0.717) is 12.1 Å². The Balaban J connectivity index is 1.98. The van der Waals surface area contributed by atoms with E-state index in [0.717, 1.165) is 49.9 Å². The predicted octanol–water partition coefficient (Wildman–Crippen LogP) is 3.35. The number of anilines is 1. The molecule has 0 bridgehead atoms. The smallest absolute Gasteiger partial charge is 0.137 e. The van der Waals surface area contributed by atoms with Crippen molar-refractivity contribution in [1.82, 2.24) is 20.0 Å². The Labute approximate surface area is 162 Å². The molecule has 1 aliphatic rings. The Morgan fingerprint density at radius 1 is 1.11 bits per heavy atom. The van der Waals surface area contributed by atoms with Gasteiger partial charge in [0.25, 0.3) is 0 Å². The summed E-state index contributed by atoms with van der Waals surface area (Å²) in [6, 6.07) is 7.65. The Morgan fingerprint density at radius 2 is 1.81 bits per heavy atom. The minimum atomic E-state index is -0.238. The predicted molar refractivity (Wildman–Crippen MR) is 109 cm³/mol. The lowest BCUT2D eigenvalue weighted by Crippen LogP contribution is -2.49. The number of aryl methyl sites for hydroxylation is 1. The number of rotatable bonds is 6. The van der Waals surface area contributed by atoms with Gasteiger partial charge in [0, 0.05) is 50.4 Å². The summed E-state index contributed by atoms with van der Waals surface area (Å²) in [6.07, 6.45) is 0. The van der Waals surface area contributed by atoms with Crippen LogP contribution in [0.3, 0.4) is 0 Å². The number of halogens is 1. The molecule has 5 nitrogen and oxygen atoms in total. The van der Waals surface area contributed by atoms with Crippen LogP contribution in [0.2, 0.25) is 0 Å². The SMILES string of the molecule is Cc1nn(-c2cccc(F)c2)c(N2CCN(C(C)C)CC2)c1CNC(C)C. The van der Waals surface area contributed by atoms with Crippen LogP contribution in [0.4, 0.5) is 10.2 Å². The molecule has 0 atom stereocenters. The molecule has 1 aromatic heterocycles. The normalized spacial score (nSPS) is 15.9. The van der Waals surface area contributed by atoms with Crippen LogP contribution >= 0.6 is 0 Å². The quantitative estimate of drug-likeness (QED) is 0.842. The summed E-state index contributed by atoms with van der Waals surface area (Å²) in [5, 5.41) is 8.30. The second-order valence-corrected chi connectivity index (χ2v) is 7.93. The van der Waals surface area contributed by atoms with Crippen molar-refractivity contribution in [2.24, 2.45) is 0 Å². The zero-order chi connectivity index (χ0) is 19.6. The second-order valence-electron chi connectivity index (χ2n) is 7.93. The summed E-state index contributed by atoms with van der Waals surface area (Å²) in [5.74, 6) is 0.854. The zero-order valence-electron chi connectivity index (χ0n) is 17.2. The van der Waals surface area contributed by atoms with Gasteiger partial charge in [-0.1, -0.05) is 19.9 Å². The van der Waals surface area contributed by atoms with Crippen molar-refractivity contribution in [2.75, 3.05) is 31.1 Å². The Hall–Kier alpha value is -1.92. The highest BCUT2D eigenvalue weighted by molar-refractivity contribution is 5.55. The molecule has 1 saturated heterocycles. The maximum absolute atomic E-state index is 13.9. The highest BCUT2D eigenvalue weighted by Crippen LogP contribution is 2.29. The molecule has 6 heteroatoms. The highest BCUT2D eigenvalue weighted by Gasteiger charge is 2.26. The summed E-state index contributed by atoms with van der Waals surface area (Å²) in [7, 11) is 0. The topological polar surface area (TPSA) is 36.3 Å². The average molecular weight is 374 g/mol. The number of nitrogens with one attached hydrogen (secondary N) is 1. The molecule has 27 heavy (non-hydrogen) atoms. The van der Waals surface area contributed by atoms with Crippen LogP contribution in [-0.4, -0.2) is 52.9 Å². The number of nitrogens with zero attached hydrogens (tertiary/aromatic N) is 4. The molecule has 148 valence electrons. The Morgan fingerprint density at radius 3 is 2.41 bits per heavy atom. The van der Waals surface area contributed by atoms with Crippen LogP contribution < -0.4 is 10.2 Å². The summed E-state index contributed by atoms with van der Waals surface area (Å²) in [6.45, 7) is 15.6. The van der Waals surface area contributed by atoms with Gasteiger partial charge >= 0.3 is 0 Å². The van der Waals surface area contributed by atoms with Crippen LogP contribution in [-0.2, 0) is 6.54 Å². The molecule has 1 N–H and O–H groups in total. The van der Waals surface area contributed by atoms with E-state index in [2.05, 4.69) is 42.8 Å². The number of hydrogen-bond donors (Lipinski definition) is 1. The summed E-state index contributed by atoms with van der Waals surface area (Å²) in [4.78, 5) is 4.90. The maximum Gasteiger partial charge on any atom is 0.137 e. The van der Waals surface area contributed by atoms with Gasteiger partial charge < -0.3 is 10.2 Å². The van der Waals surface area contributed by atoms with E-state index in [9.17, 15) is 4.39 Å². The molecule has 1 aromatic carbocycles. The van der Waals surface area contributed by atoms with Crippen LogP contribution in [0.15, 0.2) is 24.3 Å². The van der Waals surface area contributed by atoms with Crippen molar-refractivity contribution in [3.63, 3.8) is 0 Å². The lowest BCUT2D eigenvalue weighted by Gasteiger charge is -2.38. The van der Waals surface area contributed by atoms with E-state index in [1.807, 2.05) is 17.7 Å². The summed E-state index contributed by atoms with van der Waals surface area (Å²) >= 11 is 0. The summed E-state index contributed by atoms with van der Waals surface area (Å²) in [5.41, 5.74) is 2.97. The molecule has 3 rings (SSSR count). The number of aromatic nitrogens is 2. The van der Waals surface area contributed by atoms with Gasteiger partial charge in [0.1, 0.15) is 11.6 Å². The van der Waals surface area contributed by atoms with Gasteiger partial charge in [-0.15, -0.1) is 0 Å². The van der Waals surface area contributed by atoms with Gasteiger partial charge in [0.2, 0.25) is 0 Å². The third kappa shape index (κ3) is 4.50. The third-order valence-electron chi connectivity index (χ3n) is 5.24. The first-order valence-corrected chi connectivity index (χ1v) is 9.93. The van der Waals surface area contributed by atoms with Crippen LogP contribution in [0.1, 0.15) is 39.0 Å². The molecule has 0 aliphatic carbocycles. The first kappa shape index (κ1) is 19.8. The minimum Gasteiger partial charge on any atom is -0.354 e. The second kappa shape index (κ2) is 8.40. The lowest BCUT2D eigenvalue weighted by molar-refractivity contribution is 0.208. The van der Waals surface area contributed by atoms with Crippen LogP contribution in [0.25, 0.3) is 5.69 Å². The number of piperazine rings is 1. The van der Waals surface area contributed by atoms with Crippen molar-refractivity contribution in [3.05, 3.63) is 41.3 Å². The van der Waals surface area contributed by atoms with E-state index >= 15 is 0 Å². The van der Waals surface area contributed by atoms with Crippen LogP contribution in [0.5, 0.6) is 0 Å². The highest BCUT2D eigenvalue weighted by atomic mass is 19.1. The molecular weight excluding hydrogens is 341 g/mol. The third-order valence-corrected chi connectivity index (χ3v) is 5.24. The van der Waals surface area contributed by atoms with Crippen molar-refractivity contribution in [2.45, 2.75) is 53.2 Å². The largest absolute Gasteiger partial charge is 0.354 e. The molecule has 2 aromatic rings. The van der Waals surface area contributed by atoms with Gasteiger partial charge in [0.05, 0.1) is 11.4 Å². The molecule has 0 amide bonds. The van der Waals surface area contributed by atoms with E-state index in [1.54, 1.807) is 12.1 Å². The number of benzene rings is 1. The molecule has 0 spiro atoms. The minimum absolute atomic E-state index is 0.238. The molecule has 0 saturated carbocycles. The molecule has 1 aliphatic heterocycles. The summed E-state index contributed by atoms with van der Waals surface area (Å²) < 4.78 is 15.8. The standard InChI is InChI=1S/C21H32FN5/c1-15(2)23-14-20-17(5)24-27(19-8-6-7-18(22)13-19)21(20)26-11-9-25(10-12-26)16(3)4/h6-8,13,15-16,23H,9-12,14H2,1-5H3. The number of hydrogen-bond acceptors (Lipinski definition) is 4. The van der Waals surface area contributed by atoms with Crippen molar-refractivity contribution < 1.29 is 4.39 Å². The monoisotopic (exact) mass is 373 g/mol. The molecule has 0 radical (unpaired) electrons. The van der Waals surface area contributed by atoms with Crippen molar-refractivity contribution in [1.29, 1.82) is 0 Å². The van der Waals surface area contributed by atoms with Crippen LogP contribution in [0, 0.1) is 12.7 Å². The van der Waals surface area contributed by atoms with E-state index in [1.165, 1.54) is 11.6 Å². The Kier molecular flexibility index (Phi) is 6.17.